The van der Waals surface area contributed by atoms with E-state index in [1.165, 1.54) is 0 Å². The lowest BCUT2D eigenvalue weighted by molar-refractivity contribution is -0.139. The van der Waals surface area contributed by atoms with E-state index in [0.29, 0.717) is 32.7 Å². The van der Waals surface area contributed by atoms with Gasteiger partial charge in [-0.2, -0.15) is 0 Å². The predicted octanol–water partition coefficient (Wildman–Crippen LogP) is 0.828. The van der Waals surface area contributed by atoms with Crippen molar-refractivity contribution in [2.45, 2.75) is 12.5 Å². The number of fused-ring (bicyclic) bond motifs is 1. The Balaban J connectivity index is 1.39. The average molecular weight is 385 g/mol. The van der Waals surface area contributed by atoms with Crippen LogP contribution in [-0.2, 0) is 14.3 Å². The molecule has 0 aromatic heterocycles. The number of carbonyl (C=O) groups excluding carboxylic acids is 2. The van der Waals surface area contributed by atoms with Gasteiger partial charge in [0.05, 0.1) is 19.3 Å². The number of morpholine rings is 1. The lowest BCUT2D eigenvalue weighted by Gasteiger charge is -2.26. The van der Waals surface area contributed by atoms with Crippen molar-refractivity contribution in [3.05, 3.63) is 48.0 Å². The number of rotatable bonds is 7. The first kappa shape index (κ1) is 20.3. The molecule has 2 amide bonds. The first-order chi connectivity index (χ1) is 13.6. The van der Waals surface area contributed by atoms with Gasteiger partial charge in [0, 0.05) is 32.7 Å². The molecule has 1 atom stereocenters. The summed E-state index contributed by atoms with van der Waals surface area (Å²) in [4.78, 5) is 26.0. The lowest BCUT2D eigenvalue weighted by Crippen LogP contribution is -2.45. The largest absolute Gasteiger partial charge is 0.388 e. The van der Waals surface area contributed by atoms with Gasteiger partial charge in [-0.1, -0.05) is 42.5 Å². The summed E-state index contributed by atoms with van der Waals surface area (Å²) in [5.74, 6) is -1.32. The highest BCUT2D eigenvalue weighted by molar-refractivity contribution is 6.35. The molecule has 3 rings (SSSR count). The fourth-order valence-electron chi connectivity index (χ4n) is 3.33. The molecule has 1 unspecified atom stereocenters. The van der Waals surface area contributed by atoms with Gasteiger partial charge in [0.25, 0.3) is 0 Å². The summed E-state index contributed by atoms with van der Waals surface area (Å²) in [5, 5.41) is 17.7. The van der Waals surface area contributed by atoms with E-state index in [0.717, 1.165) is 29.4 Å². The van der Waals surface area contributed by atoms with E-state index in [1.54, 1.807) is 0 Å². The fourth-order valence-corrected chi connectivity index (χ4v) is 3.33. The van der Waals surface area contributed by atoms with Gasteiger partial charge in [0.1, 0.15) is 0 Å². The third-order valence-corrected chi connectivity index (χ3v) is 4.91. The molecule has 1 fully saturated rings. The molecule has 0 bridgehead atoms. The van der Waals surface area contributed by atoms with Crippen molar-refractivity contribution < 1.29 is 19.4 Å². The Morgan fingerprint density at radius 1 is 1.00 bits per heavy atom. The Labute approximate surface area is 164 Å². The third kappa shape index (κ3) is 5.51. The summed E-state index contributed by atoms with van der Waals surface area (Å²) < 4.78 is 5.27. The van der Waals surface area contributed by atoms with Gasteiger partial charge in [-0.05, 0) is 22.8 Å². The van der Waals surface area contributed by atoms with Crippen molar-refractivity contribution in [3.63, 3.8) is 0 Å². The van der Waals surface area contributed by atoms with Crippen LogP contribution in [0.5, 0.6) is 0 Å². The number of aliphatic hydroxyl groups excluding tert-OH is 1. The summed E-state index contributed by atoms with van der Waals surface area (Å²) in [6.45, 7) is 4.43. The number of hydrogen-bond acceptors (Lipinski definition) is 5. The van der Waals surface area contributed by atoms with Gasteiger partial charge >= 0.3 is 11.8 Å². The Kier molecular flexibility index (Phi) is 7.36. The molecule has 0 aliphatic carbocycles. The number of hydrogen-bond donors (Lipinski definition) is 3. The maximum Gasteiger partial charge on any atom is 0.309 e. The van der Waals surface area contributed by atoms with Gasteiger partial charge in [-0.25, -0.2) is 0 Å². The van der Waals surface area contributed by atoms with E-state index in [9.17, 15) is 14.7 Å². The van der Waals surface area contributed by atoms with Crippen molar-refractivity contribution in [2.24, 2.45) is 0 Å². The molecule has 3 N–H and O–H groups in total. The maximum atomic E-state index is 11.9. The topological polar surface area (TPSA) is 90.9 Å². The molecule has 2 aromatic rings. The molecular formula is C21H27N3O4. The third-order valence-electron chi connectivity index (χ3n) is 4.91. The van der Waals surface area contributed by atoms with Crippen LogP contribution in [0.4, 0.5) is 0 Å². The molecule has 150 valence electrons. The van der Waals surface area contributed by atoms with Crippen LogP contribution in [-0.4, -0.2) is 67.8 Å². The summed E-state index contributed by atoms with van der Waals surface area (Å²) in [5.41, 5.74) is 0.822. The molecule has 1 aliphatic rings. The molecule has 7 heteroatoms. The number of carbonyl (C=O) groups is 2. The van der Waals surface area contributed by atoms with E-state index in [-0.39, 0.29) is 6.54 Å². The highest BCUT2D eigenvalue weighted by atomic mass is 16.5. The zero-order valence-electron chi connectivity index (χ0n) is 15.9. The minimum absolute atomic E-state index is 0.222. The number of amides is 2. The minimum Gasteiger partial charge on any atom is -0.388 e. The number of nitrogens with zero attached hydrogens (tertiary/aromatic N) is 1. The molecule has 28 heavy (non-hydrogen) atoms. The van der Waals surface area contributed by atoms with Gasteiger partial charge in [-0.15, -0.1) is 0 Å². The molecule has 7 nitrogen and oxygen atoms in total. The van der Waals surface area contributed by atoms with Crippen molar-refractivity contribution in [3.8, 4) is 0 Å². The van der Waals surface area contributed by atoms with Gasteiger partial charge in [0.15, 0.2) is 0 Å². The van der Waals surface area contributed by atoms with Crippen LogP contribution in [0.15, 0.2) is 42.5 Å². The summed E-state index contributed by atoms with van der Waals surface area (Å²) in [6.07, 6.45) is -0.378. The molecule has 1 saturated heterocycles. The Hall–Kier alpha value is -2.48. The molecule has 1 aliphatic heterocycles. The number of benzene rings is 2. The van der Waals surface area contributed by atoms with Crippen LogP contribution >= 0.6 is 0 Å². The minimum atomic E-state index is -0.712. The highest BCUT2D eigenvalue weighted by Gasteiger charge is 2.16. The number of aliphatic hydroxyl groups is 1. The van der Waals surface area contributed by atoms with Crippen molar-refractivity contribution in [1.82, 2.24) is 15.5 Å². The quantitative estimate of drug-likeness (QED) is 0.614. The van der Waals surface area contributed by atoms with Crippen LogP contribution in [0.2, 0.25) is 0 Å². The van der Waals surface area contributed by atoms with E-state index in [1.807, 2.05) is 42.5 Å². The van der Waals surface area contributed by atoms with Crippen molar-refractivity contribution >= 4 is 22.6 Å². The van der Waals surface area contributed by atoms with Gasteiger partial charge in [-0.3, -0.25) is 14.5 Å². The molecule has 1 heterocycles. The summed E-state index contributed by atoms with van der Waals surface area (Å²) >= 11 is 0. The standard InChI is InChI=1S/C21H27N3O4/c25-19(18-7-3-5-16-4-1-2-6-17(16)18)8-9-22-20(26)21(27)23-10-11-24-12-14-28-15-13-24/h1-7,19,25H,8-15H2,(H,22,26)(H,23,27). The predicted molar refractivity (Wildman–Crippen MR) is 107 cm³/mol. The summed E-state index contributed by atoms with van der Waals surface area (Å²) in [7, 11) is 0. The monoisotopic (exact) mass is 385 g/mol. The second-order valence-corrected chi connectivity index (χ2v) is 6.84. The SMILES string of the molecule is O=C(NCCC(O)c1cccc2ccccc12)C(=O)NCCN1CCOCC1. The number of nitrogens with one attached hydrogen (secondary N) is 2. The first-order valence-electron chi connectivity index (χ1n) is 9.67. The van der Waals surface area contributed by atoms with E-state index >= 15 is 0 Å². The maximum absolute atomic E-state index is 11.9. The van der Waals surface area contributed by atoms with Crippen LogP contribution < -0.4 is 10.6 Å². The van der Waals surface area contributed by atoms with Crippen LogP contribution in [0.25, 0.3) is 10.8 Å². The zero-order valence-corrected chi connectivity index (χ0v) is 15.9. The van der Waals surface area contributed by atoms with Crippen molar-refractivity contribution in [2.75, 3.05) is 45.9 Å². The van der Waals surface area contributed by atoms with E-state index in [4.69, 9.17) is 4.74 Å². The second kappa shape index (κ2) is 10.2. The van der Waals surface area contributed by atoms with Crippen LogP contribution in [0, 0.1) is 0 Å². The number of ether oxygens (including phenoxy) is 1. The smallest absolute Gasteiger partial charge is 0.309 e. The van der Waals surface area contributed by atoms with Crippen LogP contribution in [0.1, 0.15) is 18.1 Å². The molecule has 0 saturated carbocycles. The molecular weight excluding hydrogens is 358 g/mol. The second-order valence-electron chi connectivity index (χ2n) is 6.84. The molecule has 0 radical (unpaired) electrons. The lowest BCUT2D eigenvalue weighted by atomic mass is 9.99. The van der Waals surface area contributed by atoms with Gasteiger partial charge < -0.3 is 20.5 Å². The molecule has 2 aromatic carbocycles. The van der Waals surface area contributed by atoms with E-state index in [2.05, 4.69) is 15.5 Å². The highest BCUT2D eigenvalue weighted by Crippen LogP contribution is 2.25. The first-order valence-corrected chi connectivity index (χ1v) is 9.67. The Morgan fingerprint density at radius 2 is 1.68 bits per heavy atom. The molecule has 0 spiro atoms. The summed E-state index contributed by atoms with van der Waals surface area (Å²) in [6, 6.07) is 13.6. The fraction of sp³-hybridized carbons (Fsp3) is 0.429. The normalized spacial score (nSPS) is 15.9. The van der Waals surface area contributed by atoms with Gasteiger partial charge in [0.2, 0.25) is 0 Å². The van der Waals surface area contributed by atoms with Crippen molar-refractivity contribution in [1.29, 1.82) is 0 Å². The van der Waals surface area contributed by atoms with Crippen LogP contribution in [0.3, 0.4) is 0 Å². The zero-order chi connectivity index (χ0) is 19.8. The average Bonchev–Trinajstić information content (AvgIpc) is 2.73. The Bertz CT molecular complexity index is 800. The van der Waals surface area contributed by atoms with E-state index < -0.39 is 17.9 Å². The Morgan fingerprint density at radius 3 is 2.46 bits per heavy atom.